The molecule has 1 amide bonds. The van der Waals surface area contributed by atoms with Crippen molar-refractivity contribution in [2.24, 2.45) is 0 Å². The van der Waals surface area contributed by atoms with Gasteiger partial charge in [0, 0.05) is 12.7 Å². The van der Waals surface area contributed by atoms with Gasteiger partial charge in [-0.1, -0.05) is 0 Å². The smallest absolute Gasteiger partial charge is 0.272 e. The molecule has 15 heavy (non-hydrogen) atoms. The minimum Gasteiger partial charge on any atom is -0.397 e. The van der Waals surface area contributed by atoms with Gasteiger partial charge in [0.2, 0.25) is 0 Å². The van der Waals surface area contributed by atoms with Crippen LogP contribution in [0.5, 0.6) is 0 Å². The monoisotopic (exact) mass is 225 g/mol. The van der Waals surface area contributed by atoms with Crippen LogP contribution in [0.4, 0.5) is 5.69 Å². The van der Waals surface area contributed by atoms with Gasteiger partial charge in [0.15, 0.2) is 5.69 Å². The zero-order valence-electron chi connectivity index (χ0n) is 8.69. The fourth-order valence-electron chi connectivity index (χ4n) is 1.11. The Labute approximate surface area is 93.7 Å². The summed E-state index contributed by atoms with van der Waals surface area (Å²) < 4.78 is 0. The summed E-state index contributed by atoms with van der Waals surface area (Å²) in [5.74, 6) is 0.840. The summed E-state index contributed by atoms with van der Waals surface area (Å²) in [5, 5.41) is 2.78. The first-order valence-electron chi connectivity index (χ1n) is 4.73. The topological polar surface area (TPSA) is 68.0 Å². The van der Waals surface area contributed by atoms with E-state index in [1.807, 2.05) is 6.26 Å². The maximum atomic E-state index is 11.6. The van der Waals surface area contributed by atoms with Crippen LogP contribution in [0.3, 0.4) is 0 Å². The molecular formula is C10H15N3OS. The van der Waals surface area contributed by atoms with Gasteiger partial charge in [-0.3, -0.25) is 4.79 Å². The van der Waals surface area contributed by atoms with Crippen LogP contribution >= 0.6 is 11.8 Å². The Morgan fingerprint density at radius 3 is 3.13 bits per heavy atom. The van der Waals surface area contributed by atoms with E-state index in [4.69, 9.17) is 5.73 Å². The van der Waals surface area contributed by atoms with Crippen molar-refractivity contribution in [3.63, 3.8) is 0 Å². The van der Waals surface area contributed by atoms with E-state index in [-0.39, 0.29) is 5.91 Å². The van der Waals surface area contributed by atoms with Gasteiger partial charge < -0.3 is 11.1 Å². The molecule has 82 valence electrons. The quantitative estimate of drug-likeness (QED) is 0.738. The van der Waals surface area contributed by atoms with Gasteiger partial charge in [-0.05, 0) is 30.6 Å². The van der Waals surface area contributed by atoms with E-state index in [0.717, 1.165) is 12.2 Å². The number of hydrogen-bond donors (Lipinski definition) is 2. The van der Waals surface area contributed by atoms with Crippen LogP contribution in [0.15, 0.2) is 18.3 Å². The van der Waals surface area contributed by atoms with Crippen molar-refractivity contribution in [3.05, 3.63) is 24.0 Å². The van der Waals surface area contributed by atoms with Crippen LogP contribution in [0, 0.1) is 0 Å². The number of thioether (sulfide) groups is 1. The summed E-state index contributed by atoms with van der Waals surface area (Å²) in [6, 6.07) is 3.38. The molecule has 3 N–H and O–H groups in total. The molecule has 5 heteroatoms. The molecule has 0 radical (unpaired) electrons. The number of carbonyl (C=O) groups is 1. The molecule has 1 heterocycles. The Bertz CT molecular complexity index is 330. The Kier molecular flexibility index (Phi) is 4.97. The normalized spacial score (nSPS) is 9.93. The minimum absolute atomic E-state index is 0.200. The summed E-state index contributed by atoms with van der Waals surface area (Å²) in [6.07, 6.45) is 4.56. The molecule has 1 aromatic rings. The van der Waals surface area contributed by atoms with Gasteiger partial charge in [0.25, 0.3) is 5.91 Å². The van der Waals surface area contributed by atoms with Crippen LogP contribution in [0.25, 0.3) is 0 Å². The number of anilines is 1. The number of aromatic nitrogens is 1. The number of nitrogen functional groups attached to an aromatic ring is 1. The zero-order chi connectivity index (χ0) is 11.1. The highest BCUT2D eigenvalue weighted by atomic mass is 32.2. The van der Waals surface area contributed by atoms with Crippen LogP contribution in [0.2, 0.25) is 0 Å². The van der Waals surface area contributed by atoms with Crippen LogP contribution < -0.4 is 11.1 Å². The van der Waals surface area contributed by atoms with Gasteiger partial charge in [-0.15, -0.1) is 0 Å². The summed E-state index contributed by atoms with van der Waals surface area (Å²) in [6.45, 7) is 0.662. The van der Waals surface area contributed by atoms with Gasteiger partial charge in [0.05, 0.1) is 5.69 Å². The Hall–Kier alpha value is -1.23. The third kappa shape index (κ3) is 3.79. The van der Waals surface area contributed by atoms with Crippen molar-refractivity contribution in [2.45, 2.75) is 6.42 Å². The fraction of sp³-hybridized carbons (Fsp3) is 0.400. The molecule has 0 aliphatic rings. The van der Waals surface area contributed by atoms with E-state index in [1.165, 1.54) is 0 Å². The molecule has 0 atom stereocenters. The highest BCUT2D eigenvalue weighted by Gasteiger charge is 2.08. The van der Waals surface area contributed by atoms with Gasteiger partial charge in [-0.2, -0.15) is 11.8 Å². The first-order chi connectivity index (χ1) is 7.25. The summed E-state index contributed by atoms with van der Waals surface area (Å²) >= 11 is 1.76. The van der Waals surface area contributed by atoms with E-state index < -0.39 is 0 Å². The highest BCUT2D eigenvalue weighted by molar-refractivity contribution is 7.98. The Morgan fingerprint density at radius 2 is 2.47 bits per heavy atom. The highest BCUT2D eigenvalue weighted by Crippen LogP contribution is 2.06. The second kappa shape index (κ2) is 6.29. The molecule has 0 fully saturated rings. The van der Waals surface area contributed by atoms with E-state index in [9.17, 15) is 4.79 Å². The molecular weight excluding hydrogens is 210 g/mol. The molecule has 0 saturated carbocycles. The summed E-state index contributed by atoms with van der Waals surface area (Å²) in [5.41, 5.74) is 6.35. The lowest BCUT2D eigenvalue weighted by Crippen LogP contribution is -2.26. The average Bonchev–Trinajstić information content (AvgIpc) is 2.25. The molecule has 4 nitrogen and oxygen atoms in total. The van der Waals surface area contributed by atoms with Crippen molar-refractivity contribution in [2.75, 3.05) is 24.3 Å². The number of pyridine rings is 1. The lowest BCUT2D eigenvalue weighted by molar-refractivity contribution is 0.0950. The number of nitrogens with two attached hydrogens (primary N) is 1. The number of nitrogens with zero attached hydrogens (tertiary/aromatic N) is 1. The third-order valence-corrected chi connectivity index (χ3v) is 2.56. The van der Waals surface area contributed by atoms with Crippen molar-refractivity contribution in [1.82, 2.24) is 10.3 Å². The first kappa shape index (κ1) is 11.8. The standard InChI is InChI=1S/C10H15N3OS/c1-15-7-3-6-13-10(14)9-8(11)4-2-5-12-9/h2,4-5H,3,6-7,11H2,1H3,(H,13,14). The summed E-state index contributed by atoms with van der Waals surface area (Å²) in [7, 11) is 0. The molecule has 0 aliphatic heterocycles. The number of carbonyl (C=O) groups excluding carboxylic acids is 1. The maximum Gasteiger partial charge on any atom is 0.272 e. The average molecular weight is 225 g/mol. The van der Waals surface area contributed by atoms with Crippen LogP contribution in [0.1, 0.15) is 16.9 Å². The van der Waals surface area contributed by atoms with Gasteiger partial charge >= 0.3 is 0 Å². The molecule has 1 rings (SSSR count). The van der Waals surface area contributed by atoms with E-state index in [1.54, 1.807) is 30.1 Å². The molecule has 0 spiro atoms. The molecule has 0 bridgehead atoms. The number of hydrogen-bond acceptors (Lipinski definition) is 4. The predicted octanol–water partition coefficient (Wildman–Crippen LogP) is 1.15. The van der Waals surface area contributed by atoms with E-state index in [0.29, 0.717) is 17.9 Å². The number of amides is 1. The lowest BCUT2D eigenvalue weighted by Gasteiger charge is -2.05. The Morgan fingerprint density at radius 1 is 1.67 bits per heavy atom. The van der Waals surface area contributed by atoms with E-state index >= 15 is 0 Å². The van der Waals surface area contributed by atoms with Crippen molar-refractivity contribution in [3.8, 4) is 0 Å². The molecule has 0 saturated heterocycles. The molecule has 1 aromatic heterocycles. The fourth-order valence-corrected chi connectivity index (χ4v) is 1.54. The minimum atomic E-state index is -0.200. The SMILES string of the molecule is CSCCCNC(=O)c1ncccc1N. The molecule has 0 aromatic carbocycles. The maximum absolute atomic E-state index is 11.6. The van der Waals surface area contributed by atoms with Crippen molar-refractivity contribution >= 4 is 23.4 Å². The van der Waals surface area contributed by atoms with Crippen LogP contribution in [-0.4, -0.2) is 29.4 Å². The van der Waals surface area contributed by atoms with Crippen molar-refractivity contribution < 1.29 is 4.79 Å². The lowest BCUT2D eigenvalue weighted by atomic mass is 10.3. The molecule has 0 unspecified atom stereocenters. The van der Waals surface area contributed by atoms with Crippen LogP contribution in [-0.2, 0) is 0 Å². The zero-order valence-corrected chi connectivity index (χ0v) is 9.51. The number of nitrogens with one attached hydrogen (secondary N) is 1. The third-order valence-electron chi connectivity index (χ3n) is 1.86. The predicted molar refractivity (Wildman–Crippen MR) is 64.0 cm³/mol. The van der Waals surface area contributed by atoms with E-state index in [2.05, 4.69) is 10.3 Å². The summed E-state index contributed by atoms with van der Waals surface area (Å²) in [4.78, 5) is 15.5. The second-order valence-electron chi connectivity index (χ2n) is 3.04. The van der Waals surface area contributed by atoms with Crippen molar-refractivity contribution in [1.29, 1.82) is 0 Å². The van der Waals surface area contributed by atoms with Gasteiger partial charge in [0.1, 0.15) is 0 Å². The Balaban J connectivity index is 2.44. The second-order valence-corrected chi connectivity index (χ2v) is 4.03. The van der Waals surface area contributed by atoms with Gasteiger partial charge in [-0.25, -0.2) is 4.98 Å². The molecule has 0 aliphatic carbocycles. The first-order valence-corrected chi connectivity index (χ1v) is 6.12. The number of rotatable bonds is 5. The largest absolute Gasteiger partial charge is 0.397 e.